The van der Waals surface area contributed by atoms with Gasteiger partial charge in [-0.05, 0) is 48.0 Å². The third kappa shape index (κ3) is 3.33. The van der Waals surface area contributed by atoms with E-state index in [0.29, 0.717) is 5.41 Å². The van der Waals surface area contributed by atoms with Crippen LogP contribution in [0.4, 0.5) is 0 Å². The molecule has 0 heteroatoms. The summed E-state index contributed by atoms with van der Waals surface area (Å²) in [6.07, 6.45) is 10.5. The highest BCUT2D eigenvalue weighted by atomic mass is 14.4. The van der Waals surface area contributed by atoms with Gasteiger partial charge in [-0.3, -0.25) is 0 Å². The summed E-state index contributed by atoms with van der Waals surface area (Å²) in [5.41, 5.74) is 3.06. The van der Waals surface area contributed by atoms with Crippen molar-refractivity contribution in [3.8, 4) is 11.8 Å². The Morgan fingerprint density at radius 2 is 2.05 bits per heavy atom. The Morgan fingerprint density at radius 3 is 2.74 bits per heavy atom. The van der Waals surface area contributed by atoms with Gasteiger partial charge in [0.15, 0.2) is 0 Å². The predicted molar refractivity (Wildman–Crippen MR) is 83.8 cm³/mol. The number of fused-ring (bicyclic) bond motifs is 1. The molecule has 0 aromatic heterocycles. The van der Waals surface area contributed by atoms with Crippen LogP contribution in [0.2, 0.25) is 0 Å². The summed E-state index contributed by atoms with van der Waals surface area (Å²) >= 11 is 0. The first-order valence-electron chi connectivity index (χ1n) is 7.73. The summed E-state index contributed by atoms with van der Waals surface area (Å²) < 4.78 is 0. The minimum Gasteiger partial charge on any atom is -0.0869 e. The van der Waals surface area contributed by atoms with Crippen molar-refractivity contribution in [1.82, 2.24) is 0 Å². The summed E-state index contributed by atoms with van der Waals surface area (Å²) in [5, 5.41) is 0. The Labute approximate surface area is 119 Å². The molecule has 2 atom stereocenters. The molecule has 0 radical (unpaired) electrons. The quantitative estimate of drug-likeness (QED) is 0.501. The fraction of sp³-hybridized carbons (Fsp3) is 0.684. The lowest BCUT2D eigenvalue weighted by molar-refractivity contribution is 0.130. The van der Waals surface area contributed by atoms with Gasteiger partial charge in [-0.15, -0.1) is 0 Å². The van der Waals surface area contributed by atoms with Crippen molar-refractivity contribution in [2.24, 2.45) is 16.7 Å². The van der Waals surface area contributed by atoms with E-state index in [9.17, 15) is 0 Å². The molecule has 0 saturated heterocycles. The van der Waals surface area contributed by atoms with Crippen LogP contribution in [0.3, 0.4) is 0 Å². The molecule has 2 aliphatic rings. The largest absolute Gasteiger partial charge is 0.0869 e. The molecule has 0 aromatic carbocycles. The van der Waals surface area contributed by atoms with Crippen molar-refractivity contribution in [1.29, 1.82) is 0 Å². The number of hydrogen-bond donors (Lipinski definition) is 0. The molecule has 0 bridgehead atoms. The highest BCUT2D eigenvalue weighted by Gasteiger charge is 2.37. The minimum absolute atomic E-state index is 0.0988. The van der Waals surface area contributed by atoms with Crippen LogP contribution in [-0.4, -0.2) is 0 Å². The molecule has 2 rings (SSSR count). The van der Waals surface area contributed by atoms with Crippen LogP contribution in [0.25, 0.3) is 0 Å². The fourth-order valence-corrected chi connectivity index (χ4v) is 3.22. The third-order valence-corrected chi connectivity index (χ3v) is 5.06. The molecule has 1 saturated carbocycles. The lowest BCUT2D eigenvalue weighted by Crippen LogP contribution is -2.32. The van der Waals surface area contributed by atoms with E-state index in [1.807, 2.05) is 0 Å². The van der Waals surface area contributed by atoms with E-state index in [1.54, 1.807) is 0 Å². The monoisotopic (exact) mass is 256 g/mol. The molecule has 0 heterocycles. The first-order valence-corrected chi connectivity index (χ1v) is 7.73. The van der Waals surface area contributed by atoms with Gasteiger partial charge in [0.25, 0.3) is 0 Å². The molecule has 0 unspecified atom stereocenters. The molecule has 19 heavy (non-hydrogen) atoms. The van der Waals surface area contributed by atoms with E-state index >= 15 is 0 Å². The van der Waals surface area contributed by atoms with Crippen LogP contribution < -0.4 is 0 Å². The summed E-state index contributed by atoms with van der Waals surface area (Å²) in [6.45, 7) is 13.1. The van der Waals surface area contributed by atoms with Gasteiger partial charge in [-0.1, -0.05) is 65.0 Å². The summed E-state index contributed by atoms with van der Waals surface area (Å²) in [5.74, 6) is 7.44. The fourth-order valence-electron chi connectivity index (χ4n) is 3.22. The van der Waals surface area contributed by atoms with Gasteiger partial charge in [0.1, 0.15) is 0 Å². The standard InChI is InChI=1S/C19H28/c1-15(18(2,3)4)9-10-16-11-13-19(5)12-7-6-8-17(19)14-16/h14,17H,1,6-8,11-13H2,2-5H3/t17-,19-/m1/s1. The van der Waals surface area contributed by atoms with Crippen molar-refractivity contribution < 1.29 is 0 Å². The van der Waals surface area contributed by atoms with Crippen LogP contribution in [-0.2, 0) is 0 Å². The van der Waals surface area contributed by atoms with Gasteiger partial charge >= 0.3 is 0 Å². The Morgan fingerprint density at radius 1 is 1.32 bits per heavy atom. The molecule has 104 valence electrons. The van der Waals surface area contributed by atoms with Gasteiger partial charge in [0.05, 0.1) is 0 Å². The van der Waals surface area contributed by atoms with Crippen LogP contribution in [0.5, 0.6) is 0 Å². The molecule has 0 amide bonds. The topological polar surface area (TPSA) is 0 Å². The molecule has 0 nitrogen and oxygen atoms in total. The average molecular weight is 256 g/mol. The summed E-state index contributed by atoms with van der Waals surface area (Å²) in [4.78, 5) is 0. The van der Waals surface area contributed by atoms with Crippen LogP contribution >= 0.6 is 0 Å². The maximum Gasteiger partial charge on any atom is 0.000572 e. The van der Waals surface area contributed by atoms with Crippen molar-refractivity contribution in [3.63, 3.8) is 0 Å². The van der Waals surface area contributed by atoms with E-state index in [4.69, 9.17) is 0 Å². The molecule has 0 N–H and O–H groups in total. The lowest BCUT2D eigenvalue weighted by Gasteiger charge is -2.43. The molecular formula is C19H28. The van der Waals surface area contributed by atoms with E-state index in [2.05, 4.69) is 52.2 Å². The van der Waals surface area contributed by atoms with Crippen LogP contribution in [0.15, 0.2) is 23.8 Å². The van der Waals surface area contributed by atoms with Crippen molar-refractivity contribution >= 4 is 0 Å². The van der Waals surface area contributed by atoms with E-state index < -0.39 is 0 Å². The van der Waals surface area contributed by atoms with E-state index in [1.165, 1.54) is 37.7 Å². The van der Waals surface area contributed by atoms with Gasteiger partial charge in [-0.2, -0.15) is 0 Å². The second-order valence-corrected chi connectivity index (χ2v) is 7.68. The molecular weight excluding hydrogens is 228 g/mol. The second-order valence-electron chi connectivity index (χ2n) is 7.68. The smallest absolute Gasteiger partial charge is 0.000572 e. The first kappa shape index (κ1) is 14.4. The van der Waals surface area contributed by atoms with E-state index in [0.717, 1.165) is 17.9 Å². The van der Waals surface area contributed by atoms with Gasteiger partial charge in [-0.25, -0.2) is 0 Å². The van der Waals surface area contributed by atoms with Crippen molar-refractivity contribution in [2.75, 3.05) is 0 Å². The number of hydrogen-bond acceptors (Lipinski definition) is 0. The number of allylic oxidation sites excluding steroid dienone is 3. The normalized spacial score (nSPS) is 30.7. The zero-order valence-corrected chi connectivity index (χ0v) is 13.1. The molecule has 1 fully saturated rings. The average Bonchev–Trinajstić information content (AvgIpc) is 2.34. The van der Waals surface area contributed by atoms with Crippen LogP contribution in [0.1, 0.15) is 66.2 Å². The maximum atomic E-state index is 4.10. The highest BCUT2D eigenvalue weighted by molar-refractivity contribution is 5.40. The van der Waals surface area contributed by atoms with Gasteiger partial charge < -0.3 is 0 Å². The highest BCUT2D eigenvalue weighted by Crippen LogP contribution is 2.48. The van der Waals surface area contributed by atoms with Gasteiger partial charge in [0, 0.05) is 5.57 Å². The molecule has 0 aliphatic heterocycles. The third-order valence-electron chi connectivity index (χ3n) is 5.06. The summed E-state index contributed by atoms with van der Waals surface area (Å²) in [7, 11) is 0. The predicted octanol–water partition coefficient (Wildman–Crippen LogP) is 5.51. The molecule has 2 aliphatic carbocycles. The minimum atomic E-state index is 0.0988. The second kappa shape index (κ2) is 5.20. The molecule has 0 aromatic rings. The first-order chi connectivity index (χ1) is 8.81. The maximum absolute atomic E-state index is 4.10. The zero-order valence-electron chi connectivity index (χ0n) is 13.1. The number of rotatable bonds is 0. The Kier molecular flexibility index (Phi) is 3.95. The lowest BCUT2D eigenvalue weighted by atomic mass is 9.62. The Balaban J connectivity index is 2.12. The van der Waals surface area contributed by atoms with Crippen LogP contribution in [0, 0.1) is 28.6 Å². The Bertz CT molecular complexity index is 447. The summed E-state index contributed by atoms with van der Waals surface area (Å²) in [6, 6.07) is 0. The van der Waals surface area contributed by atoms with Gasteiger partial charge in [0.2, 0.25) is 0 Å². The zero-order chi connectivity index (χ0) is 14.1. The van der Waals surface area contributed by atoms with E-state index in [-0.39, 0.29) is 5.41 Å². The van der Waals surface area contributed by atoms with Crippen molar-refractivity contribution in [2.45, 2.75) is 66.2 Å². The SMILES string of the molecule is C=C(C#CC1=C[C@H]2CCCC[C@]2(C)CC1)C(C)(C)C. The Hall–Kier alpha value is -0.960. The van der Waals surface area contributed by atoms with Crippen molar-refractivity contribution in [3.05, 3.63) is 23.8 Å². The molecule has 0 spiro atoms.